The summed E-state index contributed by atoms with van der Waals surface area (Å²) >= 11 is 8.75. The predicted octanol–water partition coefficient (Wildman–Crippen LogP) is 3.74. The first-order valence-electron chi connectivity index (χ1n) is 7.64. The maximum absolute atomic E-state index is 12.5. The smallest absolute Gasteiger partial charge is 0.261 e. The molecule has 1 amide bonds. The molecule has 1 N–H and O–H groups in total. The van der Waals surface area contributed by atoms with Crippen molar-refractivity contribution in [1.29, 1.82) is 0 Å². The monoisotopic (exact) mass is 384 g/mol. The van der Waals surface area contributed by atoms with Crippen LogP contribution < -0.4 is 10.1 Å². The van der Waals surface area contributed by atoms with Gasteiger partial charge in [0.2, 0.25) is 0 Å². The van der Waals surface area contributed by atoms with Gasteiger partial charge in [-0.3, -0.25) is 10.1 Å². The van der Waals surface area contributed by atoms with Crippen LogP contribution in [0.1, 0.15) is 43.0 Å². The van der Waals surface area contributed by atoms with Crippen molar-refractivity contribution in [3.8, 4) is 5.75 Å². The van der Waals surface area contributed by atoms with E-state index in [0.717, 1.165) is 36.8 Å². The van der Waals surface area contributed by atoms with E-state index in [4.69, 9.17) is 17.0 Å². The normalized spacial score (nSPS) is 14.5. The molecule has 1 fully saturated rings. The Kier molecular flexibility index (Phi) is 6.64. The molecule has 1 aliphatic heterocycles. The van der Waals surface area contributed by atoms with Gasteiger partial charge in [-0.15, -0.1) is 0 Å². The minimum atomic E-state index is -0.219. The number of carbonyl (C=O) groups excluding carboxylic acids is 1. The third-order valence-corrected chi connectivity index (χ3v) is 4.37. The summed E-state index contributed by atoms with van der Waals surface area (Å²) in [6.07, 6.45) is 4.37. The van der Waals surface area contributed by atoms with Gasteiger partial charge >= 0.3 is 0 Å². The van der Waals surface area contributed by atoms with E-state index in [-0.39, 0.29) is 5.91 Å². The van der Waals surface area contributed by atoms with Crippen LogP contribution in [0.4, 0.5) is 0 Å². The molecule has 0 radical (unpaired) electrons. The Labute approximate surface area is 145 Å². The van der Waals surface area contributed by atoms with Crippen molar-refractivity contribution >= 4 is 39.2 Å². The number of thiocarbonyl (C=S) groups is 1. The highest BCUT2D eigenvalue weighted by molar-refractivity contribution is 9.10. The minimum absolute atomic E-state index is 0.219. The number of halogens is 1. The second-order valence-electron chi connectivity index (χ2n) is 5.30. The van der Waals surface area contributed by atoms with Crippen molar-refractivity contribution < 1.29 is 9.53 Å². The molecule has 0 unspecified atom stereocenters. The maximum atomic E-state index is 12.5. The summed E-state index contributed by atoms with van der Waals surface area (Å²) in [6, 6.07) is 5.43. The Bertz CT molecular complexity index is 545. The fourth-order valence-corrected chi connectivity index (χ4v) is 2.99. The van der Waals surface area contributed by atoms with E-state index in [9.17, 15) is 4.79 Å². The van der Waals surface area contributed by atoms with E-state index in [2.05, 4.69) is 26.1 Å². The lowest BCUT2D eigenvalue weighted by Gasteiger charge is -2.29. The van der Waals surface area contributed by atoms with Crippen LogP contribution in [0.5, 0.6) is 5.75 Å². The van der Waals surface area contributed by atoms with Gasteiger partial charge in [-0.1, -0.05) is 22.9 Å². The molecule has 0 saturated carbocycles. The first kappa shape index (κ1) is 17.2. The third kappa shape index (κ3) is 4.68. The molecular formula is C16H21BrN2O2S. The maximum Gasteiger partial charge on any atom is 0.261 e. The number of piperidine rings is 1. The van der Waals surface area contributed by atoms with Crippen LogP contribution in [0, 0.1) is 0 Å². The summed E-state index contributed by atoms with van der Waals surface area (Å²) in [5, 5.41) is 3.33. The van der Waals surface area contributed by atoms with E-state index < -0.39 is 0 Å². The van der Waals surface area contributed by atoms with Crippen molar-refractivity contribution in [3.05, 3.63) is 28.2 Å². The van der Waals surface area contributed by atoms with Gasteiger partial charge in [0.25, 0.3) is 5.91 Å². The van der Waals surface area contributed by atoms with E-state index in [1.165, 1.54) is 6.42 Å². The zero-order valence-corrected chi connectivity index (χ0v) is 15.1. The number of ether oxygens (including phenoxy) is 1. The molecule has 1 aromatic rings. The average molecular weight is 385 g/mol. The van der Waals surface area contributed by atoms with E-state index in [0.29, 0.717) is 23.0 Å². The largest absolute Gasteiger partial charge is 0.493 e. The lowest BCUT2D eigenvalue weighted by molar-refractivity contribution is 0.0968. The topological polar surface area (TPSA) is 41.6 Å². The number of hydrogen-bond donors (Lipinski definition) is 1. The van der Waals surface area contributed by atoms with Crippen LogP contribution in [0.3, 0.4) is 0 Å². The second-order valence-corrected chi connectivity index (χ2v) is 6.60. The molecule has 2 rings (SSSR count). The highest BCUT2D eigenvalue weighted by Gasteiger charge is 2.19. The summed E-state index contributed by atoms with van der Waals surface area (Å²) in [4.78, 5) is 14.6. The van der Waals surface area contributed by atoms with E-state index >= 15 is 0 Å². The number of rotatable bonds is 4. The summed E-state index contributed by atoms with van der Waals surface area (Å²) < 4.78 is 6.49. The molecule has 1 saturated heterocycles. The second kappa shape index (κ2) is 8.48. The zero-order chi connectivity index (χ0) is 15.9. The average Bonchev–Trinajstić information content (AvgIpc) is 2.54. The molecule has 0 spiro atoms. The van der Waals surface area contributed by atoms with Gasteiger partial charge in [-0.2, -0.15) is 0 Å². The molecule has 1 aromatic carbocycles. The van der Waals surface area contributed by atoms with Crippen molar-refractivity contribution in [2.75, 3.05) is 19.7 Å². The molecule has 1 aliphatic rings. The fraction of sp³-hybridized carbons (Fsp3) is 0.500. The Morgan fingerprint density at radius 2 is 2.09 bits per heavy atom. The molecule has 1 heterocycles. The van der Waals surface area contributed by atoms with E-state index in [1.807, 2.05) is 13.0 Å². The number of hydrogen-bond acceptors (Lipinski definition) is 3. The number of likely N-dealkylation sites (tertiary alicyclic amines) is 1. The van der Waals surface area contributed by atoms with Gasteiger partial charge < -0.3 is 9.64 Å². The van der Waals surface area contributed by atoms with Crippen LogP contribution in [-0.4, -0.2) is 35.6 Å². The Hall–Kier alpha value is -1.14. The van der Waals surface area contributed by atoms with Crippen LogP contribution >= 0.6 is 28.1 Å². The molecular weight excluding hydrogens is 364 g/mol. The lowest BCUT2D eigenvalue weighted by atomic mass is 10.1. The Morgan fingerprint density at radius 3 is 2.77 bits per heavy atom. The Balaban J connectivity index is 2.07. The summed E-state index contributed by atoms with van der Waals surface area (Å²) in [5.74, 6) is 0.368. The van der Waals surface area contributed by atoms with Crippen molar-refractivity contribution in [1.82, 2.24) is 10.2 Å². The summed E-state index contributed by atoms with van der Waals surface area (Å²) in [5.41, 5.74) is 0.502. The standard InChI is InChI=1S/C16H21BrN2O2S/c1-2-10-21-14-7-6-12(17)11-13(14)15(20)18-16(22)19-8-4-3-5-9-19/h6-7,11H,2-5,8-10H2,1H3,(H,18,20,22). The molecule has 22 heavy (non-hydrogen) atoms. The van der Waals surface area contributed by atoms with Crippen LogP contribution in [0.2, 0.25) is 0 Å². The fourth-order valence-electron chi connectivity index (χ4n) is 2.36. The molecule has 0 bridgehead atoms. The van der Waals surface area contributed by atoms with Crippen molar-refractivity contribution in [2.45, 2.75) is 32.6 Å². The molecule has 6 heteroatoms. The molecule has 0 atom stereocenters. The van der Waals surface area contributed by atoms with Crippen molar-refractivity contribution in [3.63, 3.8) is 0 Å². The van der Waals surface area contributed by atoms with E-state index in [1.54, 1.807) is 12.1 Å². The quantitative estimate of drug-likeness (QED) is 0.802. The lowest BCUT2D eigenvalue weighted by Crippen LogP contribution is -2.45. The molecule has 0 aliphatic carbocycles. The zero-order valence-electron chi connectivity index (χ0n) is 12.7. The first-order valence-corrected chi connectivity index (χ1v) is 8.84. The van der Waals surface area contributed by atoms with Crippen LogP contribution in [0.15, 0.2) is 22.7 Å². The van der Waals surface area contributed by atoms with Gasteiger partial charge in [0.1, 0.15) is 5.75 Å². The van der Waals surface area contributed by atoms with Gasteiger partial charge in [-0.25, -0.2) is 0 Å². The molecule has 4 nitrogen and oxygen atoms in total. The number of nitrogens with one attached hydrogen (secondary N) is 1. The Morgan fingerprint density at radius 1 is 1.36 bits per heavy atom. The van der Waals surface area contributed by atoms with Gasteiger partial charge in [-0.05, 0) is 56.1 Å². The first-order chi connectivity index (χ1) is 10.6. The van der Waals surface area contributed by atoms with Crippen LogP contribution in [-0.2, 0) is 0 Å². The highest BCUT2D eigenvalue weighted by atomic mass is 79.9. The molecule has 120 valence electrons. The van der Waals surface area contributed by atoms with Gasteiger partial charge in [0.15, 0.2) is 5.11 Å². The SMILES string of the molecule is CCCOc1ccc(Br)cc1C(=O)NC(=S)N1CCCCC1. The minimum Gasteiger partial charge on any atom is -0.493 e. The number of nitrogens with zero attached hydrogens (tertiary/aromatic N) is 1. The predicted molar refractivity (Wildman–Crippen MR) is 95.4 cm³/mol. The summed E-state index contributed by atoms with van der Waals surface area (Å²) in [6.45, 7) is 4.44. The number of carbonyl (C=O) groups is 1. The summed E-state index contributed by atoms with van der Waals surface area (Å²) in [7, 11) is 0. The molecule has 0 aromatic heterocycles. The van der Waals surface area contributed by atoms with Gasteiger partial charge in [0.05, 0.1) is 12.2 Å². The van der Waals surface area contributed by atoms with Crippen LogP contribution in [0.25, 0.3) is 0 Å². The van der Waals surface area contributed by atoms with Gasteiger partial charge in [0, 0.05) is 17.6 Å². The number of benzene rings is 1. The third-order valence-electron chi connectivity index (χ3n) is 3.51. The van der Waals surface area contributed by atoms with Crippen molar-refractivity contribution in [2.24, 2.45) is 0 Å². The highest BCUT2D eigenvalue weighted by Crippen LogP contribution is 2.23. The number of amides is 1.